The molecular weight excluding hydrogens is 235 g/mol. The molecule has 1 N–H and O–H groups in total. The Hall–Kier alpha value is -1.56. The Morgan fingerprint density at radius 1 is 1.29 bits per heavy atom. The van der Waals surface area contributed by atoms with Gasteiger partial charge in [-0.15, -0.1) is 0 Å². The highest BCUT2D eigenvalue weighted by atomic mass is 19.2. The van der Waals surface area contributed by atoms with Gasteiger partial charge in [-0.3, -0.25) is 9.69 Å². The van der Waals surface area contributed by atoms with E-state index in [1.54, 1.807) is 4.90 Å². The number of aliphatic carboxylic acids is 1. The molecule has 1 aliphatic heterocycles. The van der Waals surface area contributed by atoms with Gasteiger partial charge in [-0.2, -0.15) is 0 Å². The van der Waals surface area contributed by atoms with Crippen LogP contribution in [0.1, 0.15) is 5.56 Å². The first kappa shape index (κ1) is 11.9. The predicted octanol–water partition coefficient (Wildman–Crippen LogP) is 1.62. The highest BCUT2D eigenvalue weighted by Crippen LogP contribution is 2.20. The summed E-state index contributed by atoms with van der Waals surface area (Å²) in [5.74, 6) is -5.24. The van der Waals surface area contributed by atoms with Gasteiger partial charge in [-0.25, -0.2) is 13.2 Å². The predicted molar refractivity (Wildman–Crippen MR) is 52.7 cm³/mol. The Morgan fingerprint density at radius 3 is 2.29 bits per heavy atom. The largest absolute Gasteiger partial charge is 0.481 e. The number of carboxylic acid groups (broad SMARTS) is 1. The van der Waals surface area contributed by atoms with Crippen LogP contribution in [-0.4, -0.2) is 29.1 Å². The number of likely N-dealkylation sites (tertiary alicyclic amines) is 1. The summed E-state index contributed by atoms with van der Waals surface area (Å²) in [6.07, 6.45) is 0. The Bertz CT molecular complexity index is 435. The van der Waals surface area contributed by atoms with Gasteiger partial charge in [0.1, 0.15) is 0 Å². The zero-order valence-electron chi connectivity index (χ0n) is 8.79. The molecule has 0 bridgehead atoms. The monoisotopic (exact) mass is 245 g/mol. The quantitative estimate of drug-likeness (QED) is 0.823. The third-order valence-corrected chi connectivity index (χ3v) is 2.76. The lowest BCUT2D eigenvalue weighted by Crippen LogP contribution is -2.49. The van der Waals surface area contributed by atoms with Crippen molar-refractivity contribution >= 4 is 5.97 Å². The van der Waals surface area contributed by atoms with Gasteiger partial charge >= 0.3 is 5.97 Å². The maximum Gasteiger partial charge on any atom is 0.309 e. The summed E-state index contributed by atoms with van der Waals surface area (Å²) in [4.78, 5) is 12.3. The Balaban J connectivity index is 1.99. The van der Waals surface area contributed by atoms with Crippen LogP contribution in [0.3, 0.4) is 0 Å². The summed E-state index contributed by atoms with van der Waals surface area (Å²) in [6.45, 7) is 0.907. The molecule has 1 aromatic carbocycles. The van der Waals surface area contributed by atoms with Gasteiger partial charge in [0.2, 0.25) is 0 Å². The fourth-order valence-electron chi connectivity index (χ4n) is 1.81. The highest BCUT2D eigenvalue weighted by molar-refractivity contribution is 5.71. The van der Waals surface area contributed by atoms with Gasteiger partial charge < -0.3 is 5.11 Å². The zero-order chi connectivity index (χ0) is 12.6. The van der Waals surface area contributed by atoms with E-state index in [1.807, 2.05) is 0 Å². The van der Waals surface area contributed by atoms with Crippen LogP contribution in [0.5, 0.6) is 0 Å². The summed E-state index contributed by atoms with van der Waals surface area (Å²) in [5, 5.41) is 8.65. The maximum absolute atomic E-state index is 12.9. The molecule has 1 heterocycles. The molecule has 3 nitrogen and oxygen atoms in total. The van der Waals surface area contributed by atoms with Crippen molar-refractivity contribution in [1.29, 1.82) is 0 Å². The minimum Gasteiger partial charge on any atom is -0.481 e. The molecule has 1 aromatic rings. The van der Waals surface area contributed by atoms with E-state index in [0.29, 0.717) is 18.7 Å². The molecule has 0 radical (unpaired) electrons. The maximum atomic E-state index is 12.9. The fourth-order valence-corrected chi connectivity index (χ4v) is 1.81. The lowest BCUT2D eigenvalue weighted by molar-refractivity contribution is -0.147. The van der Waals surface area contributed by atoms with E-state index in [4.69, 9.17) is 5.11 Å². The first-order valence-electron chi connectivity index (χ1n) is 5.06. The van der Waals surface area contributed by atoms with E-state index in [9.17, 15) is 18.0 Å². The van der Waals surface area contributed by atoms with Crippen LogP contribution in [0.25, 0.3) is 0 Å². The number of nitrogens with zero attached hydrogens (tertiary/aromatic N) is 1. The number of benzene rings is 1. The van der Waals surface area contributed by atoms with Crippen LogP contribution in [0.4, 0.5) is 13.2 Å². The lowest BCUT2D eigenvalue weighted by atomic mass is 9.99. The second-order valence-electron chi connectivity index (χ2n) is 4.10. The minimum absolute atomic E-state index is 0.220. The molecule has 6 heteroatoms. The summed E-state index contributed by atoms with van der Waals surface area (Å²) in [6, 6.07) is 1.85. The molecule has 1 fully saturated rings. The molecule has 92 valence electrons. The van der Waals surface area contributed by atoms with Crippen LogP contribution in [0.15, 0.2) is 12.1 Å². The normalized spacial score (nSPS) is 16.9. The second kappa shape index (κ2) is 4.37. The zero-order valence-corrected chi connectivity index (χ0v) is 8.79. The van der Waals surface area contributed by atoms with Crippen molar-refractivity contribution in [2.24, 2.45) is 5.92 Å². The molecule has 0 unspecified atom stereocenters. The van der Waals surface area contributed by atoms with Crippen LogP contribution >= 0.6 is 0 Å². The molecule has 0 amide bonds. The van der Waals surface area contributed by atoms with Crippen molar-refractivity contribution < 1.29 is 23.1 Å². The van der Waals surface area contributed by atoms with Crippen LogP contribution < -0.4 is 0 Å². The average molecular weight is 245 g/mol. The third kappa shape index (κ3) is 2.41. The second-order valence-corrected chi connectivity index (χ2v) is 4.10. The molecule has 0 spiro atoms. The van der Waals surface area contributed by atoms with E-state index in [0.717, 1.165) is 12.1 Å². The van der Waals surface area contributed by atoms with Crippen molar-refractivity contribution in [2.45, 2.75) is 6.54 Å². The van der Waals surface area contributed by atoms with Crippen LogP contribution in [0, 0.1) is 23.4 Å². The molecule has 17 heavy (non-hydrogen) atoms. The van der Waals surface area contributed by atoms with Crippen LogP contribution in [0.2, 0.25) is 0 Å². The van der Waals surface area contributed by atoms with Gasteiger partial charge in [-0.05, 0) is 17.7 Å². The lowest BCUT2D eigenvalue weighted by Gasteiger charge is -2.36. The van der Waals surface area contributed by atoms with Crippen molar-refractivity contribution in [3.8, 4) is 0 Å². The number of carboxylic acids is 1. The Morgan fingerprint density at radius 2 is 1.82 bits per heavy atom. The van der Waals surface area contributed by atoms with Crippen molar-refractivity contribution in [2.75, 3.05) is 13.1 Å². The Labute approximate surface area is 95.5 Å². The van der Waals surface area contributed by atoms with Crippen LogP contribution in [-0.2, 0) is 11.3 Å². The van der Waals surface area contributed by atoms with Crippen molar-refractivity contribution in [3.63, 3.8) is 0 Å². The van der Waals surface area contributed by atoms with E-state index >= 15 is 0 Å². The first-order valence-corrected chi connectivity index (χ1v) is 5.06. The number of hydrogen-bond acceptors (Lipinski definition) is 2. The number of carbonyl (C=O) groups is 1. The SMILES string of the molecule is O=C(O)C1CN(Cc2cc(F)c(F)c(F)c2)C1. The number of halogens is 3. The molecule has 1 saturated heterocycles. The smallest absolute Gasteiger partial charge is 0.309 e. The first-order chi connectivity index (χ1) is 7.97. The van der Waals surface area contributed by atoms with Gasteiger partial charge in [-0.1, -0.05) is 0 Å². The average Bonchev–Trinajstić information content (AvgIpc) is 2.18. The van der Waals surface area contributed by atoms with E-state index in [-0.39, 0.29) is 6.54 Å². The van der Waals surface area contributed by atoms with E-state index in [1.165, 1.54) is 0 Å². The van der Waals surface area contributed by atoms with Gasteiger partial charge in [0.15, 0.2) is 17.5 Å². The summed E-state index contributed by atoms with van der Waals surface area (Å²) < 4.78 is 38.5. The summed E-state index contributed by atoms with van der Waals surface area (Å²) >= 11 is 0. The van der Waals surface area contributed by atoms with Gasteiger partial charge in [0, 0.05) is 19.6 Å². The van der Waals surface area contributed by atoms with E-state index < -0.39 is 29.3 Å². The topological polar surface area (TPSA) is 40.5 Å². The van der Waals surface area contributed by atoms with Crippen molar-refractivity contribution in [1.82, 2.24) is 4.90 Å². The summed E-state index contributed by atoms with van der Waals surface area (Å²) in [7, 11) is 0. The molecule has 0 aliphatic carbocycles. The third-order valence-electron chi connectivity index (χ3n) is 2.76. The highest BCUT2D eigenvalue weighted by Gasteiger charge is 2.32. The summed E-state index contributed by atoms with van der Waals surface area (Å²) in [5.41, 5.74) is 0.297. The molecule has 2 rings (SSSR count). The standard InChI is InChI=1S/C11H10F3NO2/c12-8-1-6(2-9(13)10(8)14)3-15-4-7(5-15)11(16)17/h1-2,7H,3-5H2,(H,16,17). The minimum atomic E-state index is -1.49. The molecule has 0 atom stereocenters. The fraction of sp³-hybridized carbons (Fsp3) is 0.364. The van der Waals surface area contributed by atoms with Crippen molar-refractivity contribution in [3.05, 3.63) is 35.1 Å². The molecule has 1 aliphatic rings. The molecule has 0 aromatic heterocycles. The number of rotatable bonds is 3. The van der Waals surface area contributed by atoms with E-state index in [2.05, 4.69) is 0 Å². The van der Waals surface area contributed by atoms with Gasteiger partial charge in [0.25, 0.3) is 0 Å². The Kier molecular flexibility index (Phi) is 3.06. The van der Waals surface area contributed by atoms with Gasteiger partial charge in [0.05, 0.1) is 5.92 Å². The molecular formula is C11H10F3NO2. The molecule has 0 saturated carbocycles. The number of hydrogen-bond donors (Lipinski definition) is 1.